The molecule has 2 fully saturated rings. The van der Waals surface area contributed by atoms with Crippen LogP contribution in [-0.2, 0) is 16.6 Å². The average Bonchev–Trinajstić information content (AvgIpc) is 3.13. The number of hydrogen-bond acceptors (Lipinski definition) is 5. The topological polar surface area (TPSA) is 95.5 Å². The molecule has 146 valence electrons. The summed E-state index contributed by atoms with van der Waals surface area (Å²) in [5, 5.41) is 16.0. The molecule has 3 atom stereocenters. The molecule has 0 amide bonds. The molecule has 2 N–H and O–H groups in total. The third-order valence-corrected chi connectivity index (χ3v) is 7.90. The number of H-pyrrole nitrogens is 1. The lowest BCUT2D eigenvalue weighted by Crippen LogP contribution is -2.49. The first kappa shape index (κ1) is 18.5. The van der Waals surface area contributed by atoms with E-state index in [1.54, 1.807) is 18.2 Å². The molecule has 2 aliphatic heterocycles. The highest BCUT2D eigenvalue weighted by molar-refractivity contribution is 7.89. The first-order chi connectivity index (χ1) is 12.9. The third-order valence-electron chi connectivity index (χ3n) is 5.63. The molecule has 0 radical (unpaired) electrons. The first-order valence-electron chi connectivity index (χ1n) is 9.31. The molecule has 4 rings (SSSR count). The second kappa shape index (κ2) is 6.92. The SMILES string of the molecule is Cc1n[nH]c(C)c1S(=O)(=O)N1[C@@H]2CC[C@H]1C[C@@H](Oc1ccc(CO)cc1)C2. The molecular formula is C19H25N3O4S. The number of hydrogen-bond donors (Lipinski definition) is 2. The molecule has 0 saturated carbocycles. The van der Waals surface area contributed by atoms with Crippen molar-refractivity contribution in [3.05, 3.63) is 41.2 Å². The minimum absolute atomic E-state index is 0.000435. The van der Waals surface area contributed by atoms with E-state index < -0.39 is 10.0 Å². The van der Waals surface area contributed by atoms with E-state index in [1.807, 2.05) is 24.3 Å². The molecule has 8 heteroatoms. The van der Waals surface area contributed by atoms with Gasteiger partial charge in [0.25, 0.3) is 0 Å². The van der Waals surface area contributed by atoms with E-state index in [0.29, 0.717) is 29.1 Å². The van der Waals surface area contributed by atoms with Crippen LogP contribution in [0.2, 0.25) is 0 Å². The number of aromatic amines is 1. The van der Waals surface area contributed by atoms with E-state index in [4.69, 9.17) is 9.84 Å². The summed E-state index contributed by atoms with van der Waals surface area (Å²) in [6, 6.07) is 7.32. The minimum Gasteiger partial charge on any atom is -0.490 e. The van der Waals surface area contributed by atoms with Gasteiger partial charge < -0.3 is 9.84 Å². The predicted octanol–water partition coefficient (Wildman–Crippen LogP) is 2.28. The number of fused-ring (bicyclic) bond motifs is 2. The number of ether oxygens (including phenoxy) is 1. The number of nitrogens with one attached hydrogen (secondary N) is 1. The van der Waals surface area contributed by atoms with Crippen molar-refractivity contribution in [3.8, 4) is 5.75 Å². The molecule has 0 aliphatic carbocycles. The molecule has 1 aromatic carbocycles. The van der Waals surface area contributed by atoms with Gasteiger partial charge >= 0.3 is 0 Å². The van der Waals surface area contributed by atoms with Crippen LogP contribution in [0.25, 0.3) is 0 Å². The van der Waals surface area contributed by atoms with Crippen molar-refractivity contribution in [1.82, 2.24) is 14.5 Å². The number of aromatic nitrogens is 2. The third kappa shape index (κ3) is 3.26. The number of aryl methyl sites for hydroxylation is 2. The van der Waals surface area contributed by atoms with Crippen LogP contribution in [-0.4, -0.2) is 46.2 Å². The van der Waals surface area contributed by atoms with Gasteiger partial charge in [-0.15, -0.1) is 0 Å². The summed E-state index contributed by atoms with van der Waals surface area (Å²) in [6.07, 6.45) is 3.10. The van der Waals surface area contributed by atoms with Crippen LogP contribution in [0.1, 0.15) is 42.6 Å². The highest BCUT2D eigenvalue weighted by Crippen LogP contribution is 2.41. The largest absolute Gasteiger partial charge is 0.490 e. The molecule has 2 aromatic rings. The van der Waals surface area contributed by atoms with Gasteiger partial charge in [-0.25, -0.2) is 8.42 Å². The van der Waals surface area contributed by atoms with Gasteiger partial charge in [-0.05, 0) is 44.4 Å². The molecule has 0 spiro atoms. The van der Waals surface area contributed by atoms with Gasteiger partial charge in [-0.2, -0.15) is 9.40 Å². The molecule has 3 heterocycles. The molecule has 27 heavy (non-hydrogen) atoms. The predicted molar refractivity (Wildman–Crippen MR) is 99.9 cm³/mol. The van der Waals surface area contributed by atoms with Gasteiger partial charge in [0.2, 0.25) is 10.0 Å². The van der Waals surface area contributed by atoms with Crippen LogP contribution in [0.4, 0.5) is 0 Å². The molecule has 0 unspecified atom stereocenters. The Bertz CT molecular complexity index is 889. The Hall–Kier alpha value is -1.90. The first-order valence-corrected chi connectivity index (χ1v) is 10.8. The maximum atomic E-state index is 13.3. The Labute approximate surface area is 159 Å². The fourth-order valence-corrected chi connectivity index (χ4v) is 6.70. The van der Waals surface area contributed by atoms with Crippen molar-refractivity contribution in [2.24, 2.45) is 0 Å². The zero-order valence-electron chi connectivity index (χ0n) is 15.6. The summed E-state index contributed by atoms with van der Waals surface area (Å²) in [4.78, 5) is 0.318. The van der Waals surface area contributed by atoms with Crippen LogP contribution in [0.3, 0.4) is 0 Å². The van der Waals surface area contributed by atoms with E-state index in [-0.39, 0.29) is 24.8 Å². The van der Waals surface area contributed by atoms with Crippen molar-refractivity contribution in [2.45, 2.75) is 69.2 Å². The summed E-state index contributed by atoms with van der Waals surface area (Å²) in [6.45, 7) is 3.48. The molecule has 2 bridgehead atoms. The second-order valence-corrected chi connectivity index (χ2v) is 9.28. The summed E-state index contributed by atoms with van der Waals surface area (Å²) >= 11 is 0. The quantitative estimate of drug-likeness (QED) is 0.815. The van der Waals surface area contributed by atoms with Gasteiger partial charge in [-0.1, -0.05) is 12.1 Å². The van der Waals surface area contributed by atoms with Crippen LogP contribution < -0.4 is 4.74 Å². The maximum Gasteiger partial charge on any atom is 0.247 e. The Morgan fingerprint density at radius 3 is 2.33 bits per heavy atom. The fourth-order valence-electron chi connectivity index (χ4n) is 4.46. The molecule has 7 nitrogen and oxygen atoms in total. The summed E-state index contributed by atoms with van der Waals surface area (Å²) in [7, 11) is -3.56. The van der Waals surface area contributed by atoms with E-state index >= 15 is 0 Å². The van der Waals surface area contributed by atoms with E-state index in [2.05, 4.69) is 10.2 Å². The summed E-state index contributed by atoms with van der Waals surface area (Å²) in [5.41, 5.74) is 1.96. The molecule has 1 aromatic heterocycles. The molecule has 2 saturated heterocycles. The highest BCUT2D eigenvalue weighted by Gasteiger charge is 2.48. The normalized spacial score (nSPS) is 25.7. The monoisotopic (exact) mass is 391 g/mol. The van der Waals surface area contributed by atoms with Crippen LogP contribution in [0.5, 0.6) is 5.75 Å². The summed E-state index contributed by atoms with van der Waals surface area (Å²) < 4.78 is 34.4. The fraction of sp³-hybridized carbons (Fsp3) is 0.526. The lowest BCUT2D eigenvalue weighted by atomic mass is 10.0. The number of benzene rings is 1. The smallest absolute Gasteiger partial charge is 0.247 e. The van der Waals surface area contributed by atoms with E-state index in [0.717, 1.165) is 24.2 Å². The van der Waals surface area contributed by atoms with Gasteiger partial charge in [-0.3, -0.25) is 5.10 Å². The van der Waals surface area contributed by atoms with Crippen LogP contribution >= 0.6 is 0 Å². The number of piperidine rings is 1. The van der Waals surface area contributed by atoms with Crippen molar-refractivity contribution >= 4 is 10.0 Å². The number of aliphatic hydroxyl groups is 1. The lowest BCUT2D eigenvalue weighted by molar-refractivity contribution is 0.0956. The molecular weight excluding hydrogens is 366 g/mol. The Morgan fingerprint density at radius 1 is 1.19 bits per heavy atom. The second-order valence-electron chi connectivity index (χ2n) is 7.50. The minimum atomic E-state index is -3.56. The van der Waals surface area contributed by atoms with Gasteiger partial charge in [0.1, 0.15) is 16.7 Å². The zero-order chi connectivity index (χ0) is 19.2. The number of rotatable bonds is 5. The van der Waals surface area contributed by atoms with Gasteiger partial charge in [0.05, 0.1) is 18.0 Å². The van der Waals surface area contributed by atoms with Crippen LogP contribution in [0, 0.1) is 13.8 Å². The molecule has 2 aliphatic rings. The van der Waals surface area contributed by atoms with Crippen LogP contribution in [0.15, 0.2) is 29.2 Å². The highest BCUT2D eigenvalue weighted by atomic mass is 32.2. The van der Waals surface area contributed by atoms with Gasteiger partial charge in [0.15, 0.2) is 0 Å². The zero-order valence-corrected chi connectivity index (χ0v) is 16.4. The summed E-state index contributed by atoms with van der Waals surface area (Å²) in [5.74, 6) is 0.759. The van der Waals surface area contributed by atoms with Crippen molar-refractivity contribution in [2.75, 3.05) is 0 Å². The Balaban J connectivity index is 1.52. The Morgan fingerprint density at radius 2 is 1.81 bits per heavy atom. The lowest BCUT2D eigenvalue weighted by Gasteiger charge is -2.37. The number of nitrogens with zero attached hydrogens (tertiary/aromatic N) is 2. The van der Waals surface area contributed by atoms with Crippen molar-refractivity contribution < 1.29 is 18.3 Å². The van der Waals surface area contributed by atoms with E-state index in [1.165, 1.54) is 0 Å². The number of aliphatic hydroxyl groups excluding tert-OH is 1. The number of sulfonamides is 1. The standard InChI is InChI=1S/C19H25N3O4S/c1-12-19(13(2)21-20-12)27(24,25)22-15-5-6-16(22)10-18(9-15)26-17-7-3-14(11-23)4-8-17/h3-4,7-8,15-16,18,23H,5-6,9-11H2,1-2H3,(H,20,21)/t15-,16+,18+. The van der Waals surface area contributed by atoms with Crippen molar-refractivity contribution in [1.29, 1.82) is 0 Å². The van der Waals surface area contributed by atoms with Crippen molar-refractivity contribution in [3.63, 3.8) is 0 Å². The van der Waals surface area contributed by atoms with Gasteiger partial charge in [0, 0.05) is 24.9 Å². The average molecular weight is 391 g/mol. The Kier molecular flexibility index (Phi) is 4.73. The maximum absolute atomic E-state index is 13.3. The van der Waals surface area contributed by atoms with E-state index in [9.17, 15) is 8.42 Å².